The van der Waals surface area contributed by atoms with E-state index in [1.807, 2.05) is 25.1 Å². The quantitative estimate of drug-likeness (QED) is 0.841. The van der Waals surface area contributed by atoms with Crippen LogP contribution < -0.4 is 0 Å². The molecule has 0 N–H and O–H groups in total. The number of hydrogen-bond acceptors (Lipinski definition) is 4. The highest BCUT2D eigenvalue weighted by molar-refractivity contribution is 9.10. The molecule has 0 amide bonds. The Bertz CT molecular complexity index is 442. The van der Waals surface area contributed by atoms with Gasteiger partial charge in [0.2, 0.25) is 0 Å². The Morgan fingerprint density at radius 3 is 2.79 bits per heavy atom. The maximum Gasteiger partial charge on any atom is 0.174 e. The van der Waals surface area contributed by atoms with E-state index in [1.54, 1.807) is 11.8 Å². The van der Waals surface area contributed by atoms with E-state index in [1.165, 1.54) is 16.4 Å². The first-order valence-electron chi connectivity index (χ1n) is 3.98. The highest BCUT2D eigenvalue weighted by Gasteiger charge is 2.05. The second kappa shape index (κ2) is 4.42. The monoisotopic (exact) mass is 286 g/mol. The fourth-order valence-corrected chi connectivity index (χ4v) is 3.10. The van der Waals surface area contributed by atoms with Crippen molar-refractivity contribution in [3.63, 3.8) is 0 Å². The van der Waals surface area contributed by atoms with E-state index < -0.39 is 0 Å². The van der Waals surface area contributed by atoms with E-state index >= 15 is 0 Å². The van der Waals surface area contributed by atoms with Crippen molar-refractivity contribution in [1.29, 1.82) is 0 Å². The van der Waals surface area contributed by atoms with Gasteiger partial charge in [-0.3, -0.25) is 0 Å². The second-order valence-electron chi connectivity index (χ2n) is 2.64. The highest BCUT2D eigenvalue weighted by Crippen LogP contribution is 2.33. The zero-order chi connectivity index (χ0) is 9.97. The van der Waals surface area contributed by atoms with Crippen molar-refractivity contribution in [3.05, 3.63) is 34.6 Å². The van der Waals surface area contributed by atoms with Crippen molar-refractivity contribution in [2.75, 3.05) is 0 Å². The number of rotatable bonds is 2. The Morgan fingerprint density at radius 2 is 2.14 bits per heavy atom. The molecule has 2 nitrogen and oxygen atoms in total. The minimum Gasteiger partial charge on any atom is -0.213 e. The summed E-state index contributed by atoms with van der Waals surface area (Å²) in [5.74, 6) is 0.838. The van der Waals surface area contributed by atoms with Gasteiger partial charge in [-0.15, -0.1) is 0 Å². The molecule has 0 spiro atoms. The third kappa shape index (κ3) is 2.34. The first-order valence-corrected chi connectivity index (χ1v) is 6.36. The van der Waals surface area contributed by atoms with Gasteiger partial charge in [0.05, 0.1) is 0 Å². The number of benzene rings is 1. The van der Waals surface area contributed by atoms with Gasteiger partial charge in [0.15, 0.2) is 4.34 Å². The van der Waals surface area contributed by atoms with Crippen LogP contribution in [-0.4, -0.2) is 9.36 Å². The van der Waals surface area contributed by atoms with Crippen LogP contribution in [0.5, 0.6) is 0 Å². The summed E-state index contributed by atoms with van der Waals surface area (Å²) in [6.07, 6.45) is 0. The normalized spacial score (nSPS) is 10.4. The summed E-state index contributed by atoms with van der Waals surface area (Å²) < 4.78 is 6.21. The van der Waals surface area contributed by atoms with Crippen LogP contribution in [-0.2, 0) is 0 Å². The fraction of sp³-hybridized carbons (Fsp3) is 0.111. The third-order valence-corrected chi connectivity index (χ3v) is 4.42. The van der Waals surface area contributed by atoms with Gasteiger partial charge >= 0.3 is 0 Å². The molecule has 0 saturated heterocycles. The SMILES string of the molecule is Cc1nsc(Sc2ccccc2Br)n1. The lowest BCUT2D eigenvalue weighted by Gasteiger charge is -1.98. The summed E-state index contributed by atoms with van der Waals surface area (Å²) in [7, 11) is 0. The van der Waals surface area contributed by atoms with Crippen molar-refractivity contribution >= 4 is 39.2 Å². The van der Waals surface area contributed by atoms with Crippen molar-refractivity contribution in [2.24, 2.45) is 0 Å². The predicted octanol–water partition coefficient (Wildman–Crippen LogP) is 3.76. The average Bonchev–Trinajstić information content (AvgIpc) is 2.56. The smallest absolute Gasteiger partial charge is 0.174 e. The Morgan fingerprint density at radius 1 is 1.36 bits per heavy atom. The van der Waals surface area contributed by atoms with Crippen LogP contribution in [0.15, 0.2) is 38.0 Å². The van der Waals surface area contributed by atoms with E-state index in [0.29, 0.717) is 0 Å². The summed E-state index contributed by atoms with van der Waals surface area (Å²) in [6, 6.07) is 8.10. The molecule has 0 radical (unpaired) electrons. The molecule has 0 fully saturated rings. The molecule has 1 heterocycles. The molecule has 1 aromatic carbocycles. The van der Waals surface area contributed by atoms with Gasteiger partial charge < -0.3 is 0 Å². The van der Waals surface area contributed by atoms with Crippen molar-refractivity contribution in [2.45, 2.75) is 16.2 Å². The Balaban J connectivity index is 2.23. The number of nitrogens with zero attached hydrogens (tertiary/aromatic N) is 2. The van der Waals surface area contributed by atoms with Crippen molar-refractivity contribution in [1.82, 2.24) is 9.36 Å². The third-order valence-electron chi connectivity index (χ3n) is 1.54. The van der Waals surface area contributed by atoms with Gasteiger partial charge in [-0.1, -0.05) is 23.9 Å². The fourth-order valence-electron chi connectivity index (χ4n) is 0.941. The second-order valence-corrected chi connectivity index (χ2v) is 5.54. The van der Waals surface area contributed by atoms with Crippen LogP contribution in [0, 0.1) is 6.92 Å². The molecule has 0 aliphatic heterocycles. The summed E-state index contributed by atoms with van der Waals surface area (Å²) in [6.45, 7) is 1.90. The molecule has 2 rings (SSSR count). The molecule has 0 saturated carbocycles. The maximum atomic E-state index is 4.30. The first-order chi connectivity index (χ1) is 6.75. The minimum absolute atomic E-state index is 0.838. The molecule has 72 valence electrons. The van der Waals surface area contributed by atoms with E-state index in [0.717, 1.165) is 14.6 Å². The van der Waals surface area contributed by atoms with Gasteiger partial charge in [-0.25, -0.2) is 4.98 Å². The van der Waals surface area contributed by atoms with Crippen LogP contribution in [0.2, 0.25) is 0 Å². The summed E-state index contributed by atoms with van der Waals surface area (Å²) in [4.78, 5) is 5.47. The largest absolute Gasteiger partial charge is 0.213 e. The lowest BCUT2D eigenvalue weighted by molar-refractivity contribution is 1.10. The van der Waals surface area contributed by atoms with E-state index in [9.17, 15) is 0 Å². The van der Waals surface area contributed by atoms with Crippen LogP contribution in [0.25, 0.3) is 0 Å². The van der Waals surface area contributed by atoms with Gasteiger partial charge in [0.25, 0.3) is 0 Å². The lowest BCUT2D eigenvalue weighted by atomic mass is 10.4. The molecular formula is C9H7BrN2S2. The molecule has 0 atom stereocenters. The van der Waals surface area contributed by atoms with Crippen molar-refractivity contribution < 1.29 is 0 Å². The number of aryl methyl sites for hydroxylation is 1. The number of hydrogen-bond donors (Lipinski definition) is 0. The molecule has 1 aromatic heterocycles. The van der Waals surface area contributed by atoms with Gasteiger partial charge in [0, 0.05) is 9.37 Å². The van der Waals surface area contributed by atoms with Crippen LogP contribution in [0.4, 0.5) is 0 Å². The van der Waals surface area contributed by atoms with Gasteiger partial charge in [-0.05, 0) is 46.5 Å². The van der Waals surface area contributed by atoms with E-state index in [-0.39, 0.29) is 0 Å². The van der Waals surface area contributed by atoms with Crippen LogP contribution in [0.3, 0.4) is 0 Å². The average molecular weight is 287 g/mol. The molecule has 0 bridgehead atoms. The van der Waals surface area contributed by atoms with Gasteiger partial charge in [-0.2, -0.15) is 4.37 Å². The molecule has 0 aliphatic rings. The van der Waals surface area contributed by atoms with Crippen LogP contribution >= 0.6 is 39.2 Å². The first kappa shape index (κ1) is 10.1. The lowest BCUT2D eigenvalue weighted by Crippen LogP contribution is -1.75. The number of aromatic nitrogens is 2. The minimum atomic E-state index is 0.838. The topological polar surface area (TPSA) is 25.8 Å². The van der Waals surface area contributed by atoms with Gasteiger partial charge in [0.1, 0.15) is 5.82 Å². The highest BCUT2D eigenvalue weighted by atomic mass is 79.9. The number of halogens is 1. The Labute approximate surface area is 99.1 Å². The van der Waals surface area contributed by atoms with E-state index in [2.05, 4.69) is 31.4 Å². The molecular weight excluding hydrogens is 280 g/mol. The molecule has 0 aliphatic carbocycles. The molecule has 0 unspecified atom stereocenters. The Hall–Kier alpha value is -0.390. The summed E-state index contributed by atoms with van der Waals surface area (Å²) in [5.41, 5.74) is 0. The van der Waals surface area contributed by atoms with E-state index in [4.69, 9.17) is 0 Å². The predicted molar refractivity (Wildman–Crippen MR) is 62.9 cm³/mol. The zero-order valence-corrected chi connectivity index (χ0v) is 10.6. The molecule has 5 heteroatoms. The molecule has 2 aromatic rings. The zero-order valence-electron chi connectivity index (χ0n) is 7.40. The maximum absolute atomic E-state index is 4.30. The molecule has 14 heavy (non-hydrogen) atoms. The summed E-state index contributed by atoms with van der Waals surface area (Å²) >= 11 is 6.56. The van der Waals surface area contributed by atoms with Crippen molar-refractivity contribution in [3.8, 4) is 0 Å². The Kier molecular flexibility index (Phi) is 3.20. The standard InChI is InChI=1S/C9H7BrN2S2/c1-6-11-9(14-12-6)13-8-5-3-2-4-7(8)10/h2-5H,1H3. The van der Waals surface area contributed by atoms with Crippen LogP contribution in [0.1, 0.15) is 5.82 Å². The summed E-state index contributed by atoms with van der Waals surface area (Å²) in [5, 5.41) is 0.